The minimum atomic E-state index is 0.658. The maximum atomic E-state index is 9.75. The van der Waals surface area contributed by atoms with E-state index < -0.39 is 0 Å². The Kier molecular flexibility index (Phi) is 16.3. The molecule has 0 fully saturated rings. The molecule has 0 unspecified atom stereocenters. The van der Waals surface area contributed by atoms with Gasteiger partial charge in [-0.15, -0.1) is 0 Å². The molecule has 0 saturated carbocycles. The summed E-state index contributed by atoms with van der Waals surface area (Å²) in [5.74, 6) is 0. The number of benzene rings is 19. The number of hydrogen-bond acceptors (Lipinski definition) is 5. The molecule has 0 spiro atoms. The summed E-state index contributed by atoms with van der Waals surface area (Å²) in [5.41, 5.74) is 29.3. The van der Waals surface area contributed by atoms with E-state index >= 15 is 0 Å². The molecule has 0 radical (unpaired) electrons. The van der Waals surface area contributed by atoms with Crippen molar-refractivity contribution in [3.63, 3.8) is 0 Å². The SMILES string of the molecule is N#Cc1ccc2c(c1)c1cc(-c3ccc(-c4cc5ccc6cc(-c7cc(-c8ccccn8)cc(-c8ccccn8)c7)cc7ccc(c4)c5c67)cc3)ccc1n2-c1ccccc1.N#Cc1ccc2c(c1)c1cc(-c3ccc(-c4cc5ccc6cc(-c7ccc(-c8cccc9cccnc89)cc7)cc7ccc(c4)c5c67)cc3)ccc1n2-c1ccccc1. The Bertz CT molecular complexity index is 8110. The number of pyridine rings is 3. The molecule has 554 valence electrons. The van der Waals surface area contributed by atoms with Gasteiger partial charge in [-0.1, -0.05) is 206 Å². The highest BCUT2D eigenvalue weighted by molar-refractivity contribution is 6.26. The molecule has 7 heteroatoms. The van der Waals surface area contributed by atoms with Crippen LogP contribution in [-0.2, 0) is 0 Å². The van der Waals surface area contributed by atoms with Crippen LogP contribution in [0, 0.1) is 22.7 Å². The van der Waals surface area contributed by atoms with E-state index in [1.807, 2.05) is 85.3 Å². The molecule has 0 saturated heterocycles. The van der Waals surface area contributed by atoms with Gasteiger partial charge in [0.1, 0.15) is 0 Å². The van der Waals surface area contributed by atoms with Gasteiger partial charge in [0, 0.05) is 73.6 Å². The molecule has 5 heterocycles. The number of rotatable bonds is 11. The number of hydrogen-bond donors (Lipinski definition) is 0. The van der Waals surface area contributed by atoms with Gasteiger partial charge in [0.2, 0.25) is 0 Å². The Morgan fingerprint density at radius 1 is 0.200 bits per heavy atom. The highest BCUT2D eigenvalue weighted by atomic mass is 15.0. The van der Waals surface area contributed by atoms with Crippen molar-refractivity contribution in [2.75, 3.05) is 0 Å². The van der Waals surface area contributed by atoms with Gasteiger partial charge < -0.3 is 9.13 Å². The van der Waals surface area contributed by atoms with Gasteiger partial charge in [-0.2, -0.15) is 10.5 Å². The number of para-hydroxylation sites is 3. The largest absolute Gasteiger partial charge is 0.309 e. The topological polar surface area (TPSA) is 96.1 Å². The first kappa shape index (κ1) is 69.1. The maximum absolute atomic E-state index is 9.75. The van der Waals surface area contributed by atoms with Crippen LogP contribution >= 0.6 is 0 Å². The minimum absolute atomic E-state index is 0.658. The van der Waals surface area contributed by atoms with Crippen LogP contribution in [0.4, 0.5) is 0 Å². The van der Waals surface area contributed by atoms with Crippen molar-refractivity contribution in [3.8, 4) is 124 Å². The van der Waals surface area contributed by atoms with E-state index in [9.17, 15) is 10.5 Å². The molecule has 0 amide bonds. The number of fused-ring (bicyclic) bond motifs is 7. The lowest BCUT2D eigenvalue weighted by molar-refractivity contribution is 1.18. The molecular formula is C113H67N7. The molecule has 19 aromatic carbocycles. The third-order valence-corrected chi connectivity index (χ3v) is 24.3. The summed E-state index contributed by atoms with van der Waals surface area (Å²) in [5, 5.41) is 40.2. The van der Waals surface area contributed by atoms with Crippen LogP contribution in [0.3, 0.4) is 0 Å². The second-order valence-corrected chi connectivity index (χ2v) is 31.3. The number of nitriles is 2. The maximum Gasteiger partial charge on any atom is 0.0991 e. The molecule has 7 nitrogen and oxygen atoms in total. The van der Waals surface area contributed by atoms with Gasteiger partial charge in [-0.3, -0.25) is 15.0 Å². The van der Waals surface area contributed by atoms with Crippen LogP contribution in [0.5, 0.6) is 0 Å². The van der Waals surface area contributed by atoms with E-state index in [2.05, 4.69) is 358 Å². The fraction of sp³-hybridized carbons (Fsp3) is 0. The molecule has 0 N–H and O–H groups in total. The van der Waals surface area contributed by atoms with Crippen molar-refractivity contribution in [1.29, 1.82) is 10.5 Å². The van der Waals surface area contributed by atoms with E-state index in [1.54, 1.807) is 0 Å². The average Bonchev–Trinajstić information content (AvgIpc) is 1.16. The van der Waals surface area contributed by atoms with Crippen molar-refractivity contribution in [1.82, 2.24) is 24.1 Å². The van der Waals surface area contributed by atoms with Gasteiger partial charge in [-0.25, -0.2) is 0 Å². The highest BCUT2D eigenvalue weighted by Gasteiger charge is 2.21. The summed E-state index contributed by atoms with van der Waals surface area (Å²) in [6.45, 7) is 0. The van der Waals surface area contributed by atoms with E-state index in [1.165, 1.54) is 104 Å². The lowest BCUT2D eigenvalue weighted by Crippen LogP contribution is -1.93. The zero-order valence-corrected chi connectivity index (χ0v) is 64.8. The van der Waals surface area contributed by atoms with E-state index in [0.717, 1.165) is 127 Å². The number of nitrogens with zero attached hydrogens (tertiary/aromatic N) is 7. The zero-order valence-electron chi connectivity index (χ0n) is 64.8. The van der Waals surface area contributed by atoms with Crippen LogP contribution in [0.1, 0.15) is 11.1 Å². The standard InChI is InChI=1S/C57H34N4.C56H33N3/c58-35-36-12-22-54-50(26-36)51-34-39(21-23-55(51)61(54)49-8-2-1-3-9-49)37-13-15-38(16-14-37)44-27-40-17-19-42-29-45(30-43-20-18-41(28-44)56(40)57(42)43)46-31-47(52-10-4-6-24-59-52)33-48(32-46)53-11-5-7-25-60-53;57-34-35-11-25-52-50(28-35)51-33-41(24-26-53(51)59(52)48-8-2-1-3-9-48)36-12-14-37(15-13-36)46-29-42-20-22-44-31-47(32-45-23-21-43(30-46)54(42)55(44)45)38-16-18-39(19-17-38)49-10-4-6-40-7-5-27-58-56(40)49/h1-34H;1-33H. The third kappa shape index (κ3) is 11.8. The first-order chi connectivity index (χ1) is 59.3. The predicted molar refractivity (Wildman–Crippen MR) is 498 cm³/mol. The monoisotopic (exact) mass is 1520 g/mol. The Labute approximate surface area is 691 Å². The van der Waals surface area contributed by atoms with Crippen LogP contribution < -0.4 is 0 Å². The Morgan fingerprint density at radius 2 is 0.508 bits per heavy atom. The Morgan fingerprint density at radius 3 is 0.883 bits per heavy atom. The molecule has 0 bridgehead atoms. The van der Waals surface area contributed by atoms with Gasteiger partial charge >= 0.3 is 0 Å². The lowest BCUT2D eigenvalue weighted by atomic mass is 9.88. The van der Waals surface area contributed by atoms with E-state index in [-0.39, 0.29) is 0 Å². The second-order valence-electron chi connectivity index (χ2n) is 31.3. The summed E-state index contributed by atoms with van der Waals surface area (Å²) in [4.78, 5) is 14.0. The van der Waals surface area contributed by atoms with Crippen LogP contribution in [0.15, 0.2) is 407 Å². The van der Waals surface area contributed by atoms with Gasteiger partial charge in [0.05, 0.1) is 62.2 Å². The fourth-order valence-corrected chi connectivity index (χ4v) is 18.6. The molecule has 0 atom stereocenters. The molecule has 24 aromatic rings. The Hall–Kier alpha value is -16.5. The minimum Gasteiger partial charge on any atom is -0.309 e. The highest BCUT2D eigenvalue weighted by Crippen LogP contribution is 2.46. The van der Waals surface area contributed by atoms with E-state index in [0.29, 0.717) is 11.1 Å². The molecule has 0 aliphatic carbocycles. The zero-order chi connectivity index (χ0) is 79.5. The molecule has 0 aliphatic heterocycles. The summed E-state index contributed by atoms with van der Waals surface area (Å²) in [6.07, 6.45) is 5.56. The quantitative estimate of drug-likeness (QED) is 0.120. The molecule has 0 aliphatic rings. The van der Waals surface area contributed by atoms with Crippen LogP contribution in [0.25, 0.3) is 231 Å². The summed E-state index contributed by atoms with van der Waals surface area (Å²) in [7, 11) is 0. The number of aromatic nitrogens is 5. The van der Waals surface area contributed by atoms with Crippen molar-refractivity contribution in [2.24, 2.45) is 0 Å². The molecule has 5 aromatic heterocycles. The predicted octanol–water partition coefficient (Wildman–Crippen LogP) is 29.4. The Balaban J connectivity index is 0.000000140. The molecular weight excluding hydrogens is 1460 g/mol. The van der Waals surface area contributed by atoms with Crippen LogP contribution in [0.2, 0.25) is 0 Å². The molecule has 120 heavy (non-hydrogen) atoms. The van der Waals surface area contributed by atoms with Gasteiger partial charge in [0.25, 0.3) is 0 Å². The third-order valence-electron chi connectivity index (χ3n) is 24.3. The van der Waals surface area contributed by atoms with Gasteiger partial charge in [0.15, 0.2) is 0 Å². The van der Waals surface area contributed by atoms with E-state index in [4.69, 9.17) is 0 Å². The normalized spacial score (nSPS) is 11.7. The lowest BCUT2D eigenvalue weighted by Gasteiger charge is -2.16. The summed E-state index contributed by atoms with van der Waals surface area (Å²) >= 11 is 0. The first-order valence-corrected chi connectivity index (χ1v) is 40.5. The van der Waals surface area contributed by atoms with Crippen molar-refractivity contribution in [2.45, 2.75) is 0 Å². The molecule has 24 rings (SSSR count). The average molecular weight is 1520 g/mol. The summed E-state index contributed by atoms with van der Waals surface area (Å²) in [6, 6.07) is 144. The van der Waals surface area contributed by atoms with Crippen molar-refractivity contribution >= 4 is 119 Å². The summed E-state index contributed by atoms with van der Waals surface area (Å²) < 4.78 is 4.57. The smallest absolute Gasteiger partial charge is 0.0991 e. The van der Waals surface area contributed by atoms with Crippen molar-refractivity contribution in [3.05, 3.63) is 418 Å². The van der Waals surface area contributed by atoms with Crippen molar-refractivity contribution < 1.29 is 0 Å². The van der Waals surface area contributed by atoms with Gasteiger partial charge in [-0.05, 0) is 319 Å². The first-order valence-electron chi connectivity index (χ1n) is 40.5. The van der Waals surface area contributed by atoms with Crippen LogP contribution in [-0.4, -0.2) is 24.1 Å². The fourth-order valence-electron chi connectivity index (χ4n) is 18.6. The second kappa shape index (κ2) is 28.2.